The van der Waals surface area contributed by atoms with Crippen LogP contribution in [0.2, 0.25) is 0 Å². The summed E-state index contributed by atoms with van der Waals surface area (Å²) in [6.07, 6.45) is 2.34. The third-order valence-corrected chi connectivity index (χ3v) is 1.84. The smallest absolute Gasteiger partial charge is 0.341 e. The van der Waals surface area contributed by atoms with Crippen LogP contribution in [0.25, 0.3) is 0 Å². The van der Waals surface area contributed by atoms with Crippen LogP contribution in [0.5, 0.6) is 0 Å². The number of carbonyl (C=O) groups is 2. The van der Waals surface area contributed by atoms with Gasteiger partial charge in [0.05, 0.1) is 0 Å². The highest BCUT2D eigenvalue weighted by atomic mass is 19.1. The van der Waals surface area contributed by atoms with Gasteiger partial charge in [-0.15, -0.1) is 0 Å². The van der Waals surface area contributed by atoms with E-state index < -0.39 is 28.8 Å². The van der Waals surface area contributed by atoms with Gasteiger partial charge in [0.2, 0.25) is 5.78 Å². The number of Topliss-reactive ketones (excluding diaryl/α,β-unsaturated/α-hetero) is 1. The minimum absolute atomic E-state index is 0.497. The summed E-state index contributed by atoms with van der Waals surface area (Å²) in [7, 11) is 3.12. The molecule has 6 heteroatoms. The molecule has 1 aromatic heterocycles. The molecule has 1 aromatic rings. The zero-order valence-corrected chi connectivity index (χ0v) is 9.35. The van der Waals surface area contributed by atoms with Gasteiger partial charge in [-0.3, -0.25) is 4.79 Å². The lowest BCUT2D eigenvalue weighted by atomic mass is 10.1. The van der Waals surface area contributed by atoms with Gasteiger partial charge in [-0.2, -0.15) is 0 Å². The fourth-order valence-electron chi connectivity index (χ4n) is 1.15. The van der Waals surface area contributed by atoms with Gasteiger partial charge < -0.3 is 10.0 Å². The van der Waals surface area contributed by atoms with Crippen LogP contribution < -0.4 is 0 Å². The van der Waals surface area contributed by atoms with Gasteiger partial charge in [0.15, 0.2) is 5.82 Å². The number of aromatic nitrogens is 1. The molecule has 1 heterocycles. The third kappa shape index (κ3) is 3.10. The Kier molecular flexibility index (Phi) is 3.92. The summed E-state index contributed by atoms with van der Waals surface area (Å²) in [4.78, 5) is 27.6. The molecule has 17 heavy (non-hydrogen) atoms. The average molecular weight is 238 g/mol. The Balaban J connectivity index is 3.19. The first kappa shape index (κ1) is 12.8. The largest absolute Gasteiger partial charge is 0.477 e. The van der Waals surface area contributed by atoms with Crippen LogP contribution >= 0.6 is 0 Å². The topological polar surface area (TPSA) is 70.5 Å². The minimum Gasteiger partial charge on any atom is -0.477 e. The van der Waals surface area contributed by atoms with E-state index in [1.807, 2.05) is 0 Å². The van der Waals surface area contributed by atoms with Gasteiger partial charge in [-0.1, -0.05) is 0 Å². The van der Waals surface area contributed by atoms with Crippen LogP contribution in [0, 0.1) is 5.82 Å². The Morgan fingerprint density at radius 2 is 2.12 bits per heavy atom. The van der Waals surface area contributed by atoms with Crippen LogP contribution in [0.4, 0.5) is 4.39 Å². The van der Waals surface area contributed by atoms with E-state index in [-0.39, 0.29) is 0 Å². The second-order valence-electron chi connectivity index (χ2n) is 3.47. The van der Waals surface area contributed by atoms with Crippen LogP contribution in [0.3, 0.4) is 0 Å². The molecule has 0 aliphatic carbocycles. The third-order valence-electron chi connectivity index (χ3n) is 1.84. The monoisotopic (exact) mass is 238 g/mol. The molecule has 1 rings (SSSR count). The molecule has 0 saturated heterocycles. The Bertz CT molecular complexity index is 483. The van der Waals surface area contributed by atoms with Crippen molar-refractivity contribution >= 4 is 11.8 Å². The van der Waals surface area contributed by atoms with Crippen molar-refractivity contribution in [3.8, 4) is 0 Å². The molecule has 0 bridgehead atoms. The van der Waals surface area contributed by atoms with Crippen molar-refractivity contribution in [2.24, 2.45) is 0 Å². The summed E-state index contributed by atoms with van der Waals surface area (Å²) in [5, 5.41) is 8.88. The highest BCUT2D eigenvalue weighted by Gasteiger charge is 2.23. The second kappa shape index (κ2) is 5.20. The number of pyridine rings is 1. The fraction of sp³-hybridized carbons (Fsp3) is 0.182. The van der Waals surface area contributed by atoms with Crippen molar-refractivity contribution in [3.63, 3.8) is 0 Å². The maximum Gasteiger partial charge on any atom is 0.341 e. The highest BCUT2D eigenvalue weighted by molar-refractivity contribution is 6.22. The van der Waals surface area contributed by atoms with E-state index >= 15 is 0 Å². The molecule has 0 aliphatic heterocycles. The number of carbonyl (C=O) groups excluding carboxylic acids is 1. The van der Waals surface area contributed by atoms with E-state index in [4.69, 9.17) is 5.11 Å². The van der Waals surface area contributed by atoms with Crippen molar-refractivity contribution in [1.82, 2.24) is 9.88 Å². The Labute approximate surface area is 97.2 Å². The fourth-order valence-corrected chi connectivity index (χ4v) is 1.15. The van der Waals surface area contributed by atoms with Crippen molar-refractivity contribution in [2.75, 3.05) is 14.1 Å². The predicted octanol–water partition coefficient (Wildman–Crippen LogP) is 0.933. The maximum atomic E-state index is 13.3. The first-order valence-electron chi connectivity index (χ1n) is 4.70. The Morgan fingerprint density at radius 1 is 1.47 bits per heavy atom. The van der Waals surface area contributed by atoms with Gasteiger partial charge in [0.1, 0.15) is 11.3 Å². The summed E-state index contributed by atoms with van der Waals surface area (Å²) < 4.78 is 13.3. The number of aliphatic carboxylic acids is 1. The van der Waals surface area contributed by atoms with Gasteiger partial charge in [-0.25, -0.2) is 14.2 Å². The molecule has 0 unspecified atom stereocenters. The summed E-state index contributed by atoms with van der Waals surface area (Å²) in [5.41, 5.74) is -1.03. The van der Waals surface area contributed by atoms with E-state index in [9.17, 15) is 14.0 Å². The lowest BCUT2D eigenvalue weighted by molar-refractivity contribution is -0.132. The van der Waals surface area contributed by atoms with E-state index in [1.54, 1.807) is 14.1 Å². The zero-order valence-electron chi connectivity index (χ0n) is 9.35. The molecule has 0 spiro atoms. The quantitative estimate of drug-likeness (QED) is 0.366. The number of carboxylic acids is 1. The second-order valence-corrected chi connectivity index (χ2v) is 3.47. The van der Waals surface area contributed by atoms with Gasteiger partial charge in [-0.05, 0) is 12.1 Å². The standard InChI is InChI=1S/C11H11FN2O3/c1-14(2)6-7(11(16)17)10(15)9-8(12)4-3-5-13-9/h3-6H,1-2H3,(H,16,17). The van der Waals surface area contributed by atoms with E-state index in [2.05, 4.69) is 4.98 Å². The lowest BCUT2D eigenvalue weighted by Gasteiger charge is -2.07. The first-order valence-corrected chi connectivity index (χ1v) is 4.70. The number of rotatable bonds is 4. The first-order chi connectivity index (χ1) is 7.93. The number of hydrogen-bond donors (Lipinski definition) is 1. The molecule has 0 radical (unpaired) electrons. The van der Waals surface area contributed by atoms with Crippen molar-refractivity contribution in [1.29, 1.82) is 0 Å². The summed E-state index contributed by atoms with van der Waals surface area (Å²) in [5.74, 6) is -3.22. The SMILES string of the molecule is CN(C)C=C(C(=O)O)C(=O)c1ncccc1F. The maximum absolute atomic E-state index is 13.3. The molecule has 0 aromatic carbocycles. The van der Waals surface area contributed by atoms with Crippen LogP contribution in [-0.4, -0.2) is 40.8 Å². The number of halogens is 1. The van der Waals surface area contributed by atoms with Crippen LogP contribution in [-0.2, 0) is 4.79 Å². The summed E-state index contributed by atoms with van der Waals surface area (Å²) in [6, 6.07) is 2.37. The molecule has 0 aliphatic rings. The lowest BCUT2D eigenvalue weighted by Crippen LogP contribution is -2.18. The van der Waals surface area contributed by atoms with Crippen LogP contribution in [0.15, 0.2) is 30.1 Å². The number of ketones is 1. The van der Waals surface area contributed by atoms with Crippen molar-refractivity contribution in [2.45, 2.75) is 0 Å². The molecular formula is C11H11FN2O3. The van der Waals surface area contributed by atoms with E-state index in [1.165, 1.54) is 17.2 Å². The zero-order chi connectivity index (χ0) is 13.0. The Morgan fingerprint density at radius 3 is 2.59 bits per heavy atom. The van der Waals surface area contributed by atoms with E-state index in [0.717, 1.165) is 12.3 Å². The van der Waals surface area contributed by atoms with Gasteiger partial charge in [0.25, 0.3) is 0 Å². The molecular weight excluding hydrogens is 227 g/mol. The van der Waals surface area contributed by atoms with Gasteiger partial charge in [0, 0.05) is 26.5 Å². The van der Waals surface area contributed by atoms with Crippen LogP contribution in [0.1, 0.15) is 10.5 Å². The molecule has 0 atom stereocenters. The molecule has 5 nitrogen and oxygen atoms in total. The number of nitrogens with zero attached hydrogens (tertiary/aromatic N) is 2. The highest BCUT2D eigenvalue weighted by Crippen LogP contribution is 2.10. The predicted molar refractivity (Wildman–Crippen MR) is 57.9 cm³/mol. The summed E-state index contributed by atoms with van der Waals surface area (Å²) in [6.45, 7) is 0. The molecule has 0 fully saturated rings. The Hall–Kier alpha value is -2.24. The normalized spacial score (nSPS) is 11.1. The van der Waals surface area contributed by atoms with E-state index in [0.29, 0.717) is 0 Å². The average Bonchev–Trinajstić information content (AvgIpc) is 2.25. The molecule has 1 N–H and O–H groups in total. The minimum atomic E-state index is -1.42. The molecule has 0 amide bonds. The van der Waals surface area contributed by atoms with Crippen molar-refractivity contribution in [3.05, 3.63) is 41.6 Å². The molecule has 90 valence electrons. The van der Waals surface area contributed by atoms with Gasteiger partial charge >= 0.3 is 5.97 Å². The number of carboxylic acid groups (broad SMARTS) is 1. The van der Waals surface area contributed by atoms with Crippen molar-refractivity contribution < 1.29 is 19.1 Å². The summed E-state index contributed by atoms with van der Waals surface area (Å²) >= 11 is 0. The molecule has 0 saturated carbocycles. The number of hydrogen-bond acceptors (Lipinski definition) is 4.